The molecule has 0 aliphatic carbocycles. The molecule has 0 bridgehead atoms. The average Bonchev–Trinajstić information content (AvgIpc) is 3.85. The molecule has 2 aliphatic rings. The Morgan fingerprint density at radius 2 is 0.830 bits per heavy atom. The van der Waals surface area contributed by atoms with Crippen molar-refractivity contribution in [3.05, 3.63) is 127 Å². The quantitative estimate of drug-likeness (QED) is 0.164. The van der Waals surface area contributed by atoms with Crippen molar-refractivity contribution >= 4 is 99.3 Å². The Morgan fingerprint density at radius 3 is 1.36 bits per heavy atom. The number of hydrogen-bond acceptors (Lipinski definition) is 2. The summed E-state index contributed by atoms with van der Waals surface area (Å²) in [7, 11) is 0. The predicted molar refractivity (Wildman–Crippen MR) is 193 cm³/mol. The molecule has 0 saturated carbocycles. The van der Waals surface area contributed by atoms with Gasteiger partial charge in [0.05, 0.1) is 43.9 Å². The summed E-state index contributed by atoms with van der Waals surface area (Å²) in [5.74, 6) is 3.63. The summed E-state index contributed by atoms with van der Waals surface area (Å²) in [5, 5.41) is 9.91. The van der Waals surface area contributed by atoms with Crippen LogP contribution in [0.4, 0.5) is 0 Å². The maximum Gasteiger partial charge on any atom is 0.260 e. The van der Waals surface area contributed by atoms with Crippen LogP contribution in [0.15, 0.2) is 127 Å². The molecule has 4 aromatic heterocycles. The number of ether oxygens (including phenoxy) is 2. The number of para-hydroxylation sites is 4. The van der Waals surface area contributed by atoms with Crippen LogP contribution in [0.3, 0.4) is 0 Å². The normalized spacial score (nSPS) is 13.8. The summed E-state index contributed by atoms with van der Waals surface area (Å²) in [6.45, 7) is -0.0175. The number of aromatic nitrogens is 2. The third-order valence-electron chi connectivity index (χ3n) is 11.1. The molecule has 6 heterocycles. The predicted octanol–water partition coefficient (Wildman–Crippen LogP) is 8.71. The van der Waals surface area contributed by atoms with Crippen LogP contribution in [-0.4, -0.2) is 15.5 Å². The van der Waals surface area contributed by atoms with Crippen LogP contribution in [0.1, 0.15) is 0 Å². The average molecular weight is 596 g/mol. The second-order valence-corrected chi connectivity index (χ2v) is 13.2. The van der Waals surface area contributed by atoms with Crippen molar-refractivity contribution in [1.29, 1.82) is 0 Å². The molecular formula is C42H21BN2O2. The van der Waals surface area contributed by atoms with Gasteiger partial charge >= 0.3 is 0 Å². The van der Waals surface area contributed by atoms with E-state index in [1.54, 1.807) is 0 Å². The number of rotatable bonds is 0. The molecule has 13 rings (SSSR count). The fourth-order valence-electron chi connectivity index (χ4n) is 9.37. The summed E-state index contributed by atoms with van der Waals surface area (Å²) in [6.07, 6.45) is 0. The fraction of sp³-hybridized carbons (Fsp3) is 0. The van der Waals surface area contributed by atoms with Gasteiger partial charge in [0, 0.05) is 37.8 Å². The highest BCUT2D eigenvalue weighted by Gasteiger charge is 2.42. The monoisotopic (exact) mass is 596 g/mol. The Morgan fingerprint density at radius 1 is 0.383 bits per heavy atom. The van der Waals surface area contributed by atoms with Gasteiger partial charge in [-0.3, -0.25) is 0 Å². The summed E-state index contributed by atoms with van der Waals surface area (Å²) in [6, 6.07) is 46.3. The molecule has 7 aromatic carbocycles. The summed E-state index contributed by atoms with van der Waals surface area (Å²) < 4.78 is 18.8. The fourth-order valence-corrected chi connectivity index (χ4v) is 9.37. The minimum Gasteiger partial charge on any atom is -0.458 e. The minimum absolute atomic E-state index is 0.0175. The molecule has 0 amide bonds. The number of benzene rings is 7. The first kappa shape index (κ1) is 23.2. The van der Waals surface area contributed by atoms with Gasteiger partial charge in [-0.25, -0.2) is 0 Å². The van der Waals surface area contributed by atoms with Gasteiger partial charge < -0.3 is 18.3 Å². The van der Waals surface area contributed by atoms with Crippen LogP contribution in [0, 0.1) is 0 Å². The molecule has 0 spiro atoms. The largest absolute Gasteiger partial charge is 0.458 e. The molecule has 47 heavy (non-hydrogen) atoms. The highest BCUT2D eigenvalue weighted by Crippen LogP contribution is 2.47. The molecule has 2 aliphatic heterocycles. The Hall–Kier alpha value is -6.20. The van der Waals surface area contributed by atoms with Crippen LogP contribution < -0.4 is 25.9 Å². The first-order valence-corrected chi connectivity index (χ1v) is 16.2. The van der Waals surface area contributed by atoms with Crippen LogP contribution in [0.2, 0.25) is 0 Å². The lowest BCUT2D eigenvalue weighted by Gasteiger charge is -2.33. The molecule has 5 heteroatoms. The van der Waals surface area contributed by atoms with Gasteiger partial charge in [0.2, 0.25) is 0 Å². The van der Waals surface area contributed by atoms with Gasteiger partial charge in [-0.15, -0.1) is 0 Å². The molecule has 11 aromatic rings. The molecular weight excluding hydrogens is 575 g/mol. The minimum atomic E-state index is -0.0175. The van der Waals surface area contributed by atoms with Crippen LogP contribution in [0.25, 0.3) is 76.2 Å². The number of nitrogens with zero attached hydrogens (tertiary/aromatic N) is 2. The van der Waals surface area contributed by atoms with E-state index in [0.717, 1.165) is 28.5 Å². The molecule has 0 atom stereocenters. The maximum absolute atomic E-state index is 6.95. The third kappa shape index (κ3) is 2.47. The second kappa shape index (κ2) is 7.60. The standard InChI is InChI=1S/C42H21BN2O2/c1-3-14-30-22(8-1)24-10-5-12-26-36-32(44(30)39(24)26)20-18-28-41(36)46-34-16-7-17-35-38(34)43(28)29-19-21-33-37(42(29)47-35)27-13-6-11-25-23-9-2-4-15-31(23)45(33)40(25)27/h1-21H. The smallest absolute Gasteiger partial charge is 0.260 e. The van der Waals surface area contributed by atoms with E-state index in [2.05, 4.69) is 136 Å². The van der Waals surface area contributed by atoms with Gasteiger partial charge in [-0.2, -0.15) is 0 Å². The van der Waals surface area contributed by atoms with Gasteiger partial charge in [-0.1, -0.05) is 91.0 Å². The molecule has 0 saturated heterocycles. The number of fused-ring (bicyclic) bond motifs is 18. The van der Waals surface area contributed by atoms with Crippen molar-refractivity contribution in [1.82, 2.24) is 8.80 Å². The SMILES string of the molecule is c1cc2c3c(c1)Oc1c(ccc4c1c1cccc5c6ccccc6n4c51)B3c1ccc3c(c1O2)c1cccc2c4ccccc4n3c21. The first-order chi connectivity index (χ1) is 23.3. The Labute approximate surface area is 267 Å². The number of hydrogen-bond donors (Lipinski definition) is 0. The molecule has 0 fully saturated rings. The van der Waals surface area contributed by atoms with Crippen molar-refractivity contribution in [2.75, 3.05) is 0 Å². The summed E-state index contributed by atoms with van der Waals surface area (Å²) >= 11 is 0. The van der Waals surface area contributed by atoms with Crippen LogP contribution in [-0.2, 0) is 0 Å². The zero-order chi connectivity index (χ0) is 30.1. The van der Waals surface area contributed by atoms with Crippen molar-refractivity contribution in [3.8, 4) is 23.0 Å². The summed E-state index contributed by atoms with van der Waals surface area (Å²) in [5.41, 5.74) is 10.8. The Bertz CT molecular complexity index is 2990. The summed E-state index contributed by atoms with van der Waals surface area (Å²) in [4.78, 5) is 0. The van der Waals surface area contributed by atoms with Crippen LogP contribution >= 0.6 is 0 Å². The van der Waals surface area contributed by atoms with E-state index in [1.807, 2.05) is 0 Å². The highest BCUT2D eigenvalue weighted by atomic mass is 16.5. The maximum atomic E-state index is 6.95. The van der Waals surface area contributed by atoms with Gasteiger partial charge in [0.1, 0.15) is 23.0 Å². The van der Waals surface area contributed by atoms with E-state index in [9.17, 15) is 0 Å². The third-order valence-corrected chi connectivity index (χ3v) is 11.1. The Kier molecular flexibility index (Phi) is 3.75. The van der Waals surface area contributed by atoms with Gasteiger partial charge in [0.25, 0.3) is 6.71 Å². The molecule has 214 valence electrons. The van der Waals surface area contributed by atoms with E-state index in [1.165, 1.54) is 87.1 Å². The van der Waals surface area contributed by atoms with Gasteiger partial charge in [0.15, 0.2) is 0 Å². The lowest BCUT2D eigenvalue weighted by molar-refractivity contribution is 0.470. The van der Waals surface area contributed by atoms with E-state index in [4.69, 9.17) is 9.47 Å². The molecule has 4 nitrogen and oxygen atoms in total. The van der Waals surface area contributed by atoms with E-state index < -0.39 is 0 Å². The van der Waals surface area contributed by atoms with Crippen LogP contribution in [0.5, 0.6) is 23.0 Å². The molecule has 0 radical (unpaired) electrons. The van der Waals surface area contributed by atoms with E-state index >= 15 is 0 Å². The molecule has 0 unspecified atom stereocenters. The first-order valence-electron chi connectivity index (χ1n) is 16.2. The van der Waals surface area contributed by atoms with E-state index in [-0.39, 0.29) is 6.71 Å². The molecule has 0 N–H and O–H groups in total. The van der Waals surface area contributed by atoms with Crippen molar-refractivity contribution in [3.63, 3.8) is 0 Å². The van der Waals surface area contributed by atoms with Crippen molar-refractivity contribution < 1.29 is 9.47 Å². The lowest BCUT2D eigenvalue weighted by atomic mass is 9.34. The van der Waals surface area contributed by atoms with E-state index in [0.29, 0.717) is 0 Å². The topological polar surface area (TPSA) is 27.3 Å². The van der Waals surface area contributed by atoms with Crippen molar-refractivity contribution in [2.24, 2.45) is 0 Å². The van der Waals surface area contributed by atoms with Crippen molar-refractivity contribution in [2.45, 2.75) is 0 Å². The Balaban J connectivity index is 1.16. The lowest BCUT2D eigenvalue weighted by Crippen LogP contribution is -2.57. The zero-order valence-electron chi connectivity index (χ0n) is 24.9. The second-order valence-electron chi connectivity index (χ2n) is 13.2. The highest BCUT2D eigenvalue weighted by molar-refractivity contribution is 6.98. The zero-order valence-corrected chi connectivity index (χ0v) is 24.9. The van der Waals surface area contributed by atoms with Gasteiger partial charge in [-0.05, 0) is 47.3 Å².